The third-order valence-electron chi connectivity index (χ3n) is 1.23. The highest BCUT2D eigenvalue weighted by Crippen LogP contribution is 1.86. The first kappa shape index (κ1) is 15.1. The average Bonchev–Trinajstić information content (AvgIpc) is 2.15. The van der Waals surface area contributed by atoms with Gasteiger partial charge in [-0.3, -0.25) is 4.79 Å². The zero-order chi connectivity index (χ0) is 11.7. The highest BCUT2D eigenvalue weighted by atomic mass is 16.4. The maximum Gasteiger partial charge on any atom is 0.372 e. The van der Waals surface area contributed by atoms with Crippen molar-refractivity contribution >= 4 is 17.7 Å². The summed E-state index contributed by atoms with van der Waals surface area (Å²) >= 11 is 0. The van der Waals surface area contributed by atoms with E-state index >= 15 is 0 Å². The van der Waals surface area contributed by atoms with Crippen LogP contribution >= 0.6 is 0 Å². The predicted molar refractivity (Wildman–Crippen MR) is 46.9 cm³/mol. The minimum Gasteiger partial charge on any atom is -0.479 e. The van der Waals surface area contributed by atoms with Crippen LogP contribution in [0, 0.1) is 0 Å². The quantitative estimate of drug-likeness (QED) is 0.553. The average molecular weight is 206 g/mol. The van der Waals surface area contributed by atoms with Gasteiger partial charge >= 0.3 is 11.9 Å². The molecule has 82 valence electrons. The number of carbonyl (C=O) groups excluding carboxylic acids is 1. The maximum absolute atomic E-state index is 9.91. The lowest BCUT2D eigenvalue weighted by atomic mass is 10.3. The van der Waals surface area contributed by atoms with Crippen LogP contribution in [0.3, 0.4) is 0 Å². The number of carbonyl (C=O) groups is 3. The Labute approximate surface area is 81.2 Å². The fourth-order valence-corrected chi connectivity index (χ4v) is 0.326. The molecule has 0 aliphatic carbocycles. The molecule has 0 spiro atoms. The highest BCUT2D eigenvalue weighted by molar-refractivity contribution is 6.32. The van der Waals surface area contributed by atoms with Crippen LogP contribution in [0.15, 0.2) is 0 Å². The molecule has 0 rings (SSSR count). The molecule has 0 aliphatic heterocycles. The number of carboxylic acid groups (broad SMARTS) is 2. The number of ketones is 1. The summed E-state index contributed by atoms with van der Waals surface area (Å²) in [7, 11) is 0. The Kier molecular flexibility index (Phi) is 8.80. The Hall–Kier alpha value is -1.43. The van der Waals surface area contributed by atoms with E-state index in [2.05, 4.69) is 0 Å². The largest absolute Gasteiger partial charge is 0.479 e. The van der Waals surface area contributed by atoms with Gasteiger partial charge in [-0.25, -0.2) is 9.59 Å². The van der Waals surface area contributed by atoms with Crippen LogP contribution in [-0.4, -0.2) is 39.1 Å². The second kappa shape index (κ2) is 8.18. The van der Waals surface area contributed by atoms with Gasteiger partial charge in [-0.1, -0.05) is 13.8 Å². The molecule has 1 unspecified atom stereocenters. The lowest BCUT2D eigenvalue weighted by Crippen LogP contribution is -2.17. The predicted octanol–water partition coefficient (Wildman–Crippen LogP) is -0.108. The smallest absolute Gasteiger partial charge is 0.372 e. The van der Waals surface area contributed by atoms with Gasteiger partial charge in [-0.05, 0) is 6.42 Å². The zero-order valence-corrected chi connectivity index (χ0v) is 8.06. The number of hydrogen-bond acceptors (Lipinski definition) is 4. The minimum absolute atomic E-state index is 0.0787. The summed E-state index contributed by atoms with van der Waals surface area (Å²) in [5, 5.41) is 24.1. The van der Waals surface area contributed by atoms with Gasteiger partial charge in [0.1, 0.15) is 0 Å². The summed E-state index contributed by atoms with van der Waals surface area (Å²) in [5.41, 5.74) is 0. The molecule has 0 aliphatic rings. The summed E-state index contributed by atoms with van der Waals surface area (Å²) < 4.78 is 0. The van der Waals surface area contributed by atoms with Crippen molar-refractivity contribution in [1.29, 1.82) is 0 Å². The van der Waals surface area contributed by atoms with Crippen LogP contribution in [0.2, 0.25) is 0 Å². The van der Waals surface area contributed by atoms with Crippen molar-refractivity contribution in [2.75, 3.05) is 0 Å². The molecule has 0 bridgehead atoms. The molecular weight excluding hydrogens is 192 g/mol. The molecule has 0 aromatic heterocycles. The molecule has 6 nitrogen and oxygen atoms in total. The van der Waals surface area contributed by atoms with Crippen LogP contribution in [0.1, 0.15) is 26.7 Å². The highest BCUT2D eigenvalue weighted by Gasteiger charge is 2.07. The Morgan fingerprint density at radius 1 is 1.14 bits per heavy atom. The third kappa shape index (κ3) is 8.66. The Bertz CT molecular complexity index is 210. The van der Waals surface area contributed by atoms with Crippen molar-refractivity contribution in [3.05, 3.63) is 0 Å². The molecular formula is C8H14O6. The lowest BCUT2D eigenvalue weighted by Gasteiger charge is -1.95. The van der Waals surface area contributed by atoms with Gasteiger partial charge in [0, 0.05) is 6.42 Å². The maximum atomic E-state index is 9.91. The van der Waals surface area contributed by atoms with Crippen molar-refractivity contribution in [1.82, 2.24) is 0 Å². The summed E-state index contributed by atoms with van der Waals surface area (Å²) in [6.07, 6.45) is -0.829. The molecule has 0 aromatic rings. The van der Waals surface area contributed by atoms with Crippen molar-refractivity contribution < 1.29 is 29.7 Å². The van der Waals surface area contributed by atoms with Gasteiger partial charge in [-0.2, -0.15) is 0 Å². The van der Waals surface area contributed by atoms with Crippen molar-refractivity contribution in [2.45, 2.75) is 32.8 Å². The molecule has 0 aromatic carbocycles. The molecule has 3 N–H and O–H groups in total. The topological polar surface area (TPSA) is 112 Å². The van der Waals surface area contributed by atoms with E-state index < -0.39 is 23.8 Å². The molecule has 0 heterocycles. The fraction of sp³-hybridized carbons (Fsp3) is 0.625. The molecule has 0 saturated carbocycles. The van der Waals surface area contributed by atoms with Crippen molar-refractivity contribution in [3.63, 3.8) is 0 Å². The van der Waals surface area contributed by atoms with Crippen molar-refractivity contribution in [2.24, 2.45) is 0 Å². The van der Waals surface area contributed by atoms with Crippen LogP contribution in [0.4, 0.5) is 0 Å². The van der Waals surface area contributed by atoms with Gasteiger partial charge < -0.3 is 15.3 Å². The monoisotopic (exact) mass is 206 g/mol. The number of aliphatic hydroxyl groups is 1. The van der Waals surface area contributed by atoms with E-state index in [0.717, 1.165) is 0 Å². The van der Waals surface area contributed by atoms with E-state index in [4.69, 9.17) is 15.3 Å². The Morgan fingerprint density at radius 3 is 1.57 bits per heavy atom. The van der Waals surface area contributed by atoms with Crippen LogP contribution in [-0.2, 0) is 14.4 Å². The first-order valence-electron chi connectivity index (χ1n) is 4.03. The first-order chi connectivity index (χ1) is 6.36. The first-order valence-corrected chi connectivity index (χ1v) is 4.03. The summed E-state index contributed by atoms with van der Waals surface area (Å²) in [5.74, 6) is -3.23. The van der Waals surface area contributed by atoms with E-state index in [9.17, 15) is 14.4 Å². The molecule has 14 heavy (non-hydrogen) atoms. The summed E-state index contributed by atoms with van der Waals surface area (Å²) in [6, 6.07) is 0. The SMILES string of the molecule is CCC(=O)C(=O)O.CCC(O)C(=O)O. The number of rotatable bonds is 4. The number of hydrogen-bond donors (Lipinski definition) is 3. The van der Waals surface area contributed by atoms with Crippen molar-refractivity contribution in [3.8, 4) is 0 Å². The molecule has 0 amide bonds. The number of aliphatic carboxylic acids is 2. The second-order valence-corrected chi connectivity index (χ2v) is 2.34. The molecule has 0 fully saturated rings. The Morgan fingerprint density at radius 2 is 1.57 bits per heavy atom. The van der Waals surface area contributed by atoms with Crippen LogP contribution in [0.5, 0.6) is 0 Å². The normalized spacial score (nSPS) is 10.8. The van der Waals surface area contributed by atoms with Gasteiger partial charge in [0.2, 0.25) is 5.78 Å². The van der Waals surface area contributed by atoms with Gasteiger partial charge in [-0.15, -0.1) is 0 Å². The van der Waals surface area contributed by atoms with Gasteiger partial charge in [0.15, 0.2) is 6.10 Å². The van der Waals surface area contributed by atoms with Crippen LogP contribution in [0.25, 0.3) is 0 Å². The molecule has 6 heteroatoms. The Balaban J connectivity index is 0. The van der Waals surface area contributed by atoms with Gasteiger partial charge in [0.05, 0.1) is 0 Å². The molecule has 0 radical (unpaired) electrons. The minimum atomic E-state index is -1.34. The molecule has 0 saturated heterocycles. The van der Waals surface area contributed by atoms with E-state index in [1.54, 1.807) is 6.92 Å². The standard InChI is InChI=1S/C4H8O3.C4H6O3/c2*1-2-3(5)4(6)7/h3,5H,2H2,1H3,(H,6,7);2H2,1H3,(H,6,7). The molecule has 1 atom stereocenters. The van der Waals surface area contributed by atoms with E-state index in [1.165, 1.54) is 6.92 Å². The van der Waals surface area contributed by atoms with E-state index in [0.29, 0.717) is 0 Å². The van der Waals surface area contributed by atoms with Crippen LogP contribution < -0.4 is 0 Å². The number of aliphatic hydroxyl groups excluding tert-OH is 1. The number of carboxylic acids is 2. The van der Waals surface area contributed by atoms with E-state index in [1.807, 2.05) is 0 Å². The number of Topliss-reactive ketones (excluding diaryl/α,β-unsaturated/α-hetero) is 1. The van der Waals surface area contributed by atoms with E-state index in [-0.39, 0.29) is 12.8 Å². The second-order valence-electron chi connectivity index (χ2n) is 2.34. The zero-order valence-electron chi connectivity index (χ0n) is 8.06. The lowest BCUT2D eigenvalue weighted by molar-refractivity contribution is -0.148. The van der Waals surface area contributed by atoms with Gasteiger partial charge in [0.25, 0.3) is 0 Å². The summed E-state index contributed by atoms with van der Waals surface area (Å²) in [4.78, 5) is 29.2. The fourth-order valence-electron chi connectivity index (χ4n) is 0.326. The summed E-state index contributed by atoms with van der Waals surface area (Å²) in [6.45, 7) is 3.12. The third-order valence-corrected chi connectivity index (χ3v) is 1.23.